The summed E-state index contributed by atoms with van der Waals surface area (Å²) < 4.78 is 42.7. The molecule has 0 fully saturated rings. The predicted molar refractivity (Wildman–Crippen MR) is 115 cm³/mol. The summed E-state index contributed by atoms with van der Waals surface area (Å²) in [5.41, 5.74) is 2.74. The van der Waals surface area contributed by atoms with Crippen LogP contribution in [0.3, 0.4) is 0 Å². The lowest BCUT2D eigenvalue weighted by atomic mass is 9.97. The zero-order valence-corrected chi connectivity index (χ0v) is 17.7. The summed E-state index contributed by atoms with van der Waals surface area (Å²) >= 11 is 6.46. The van der Waals surface area contributed by atoms with E-state index in [-0.39, 0.29) is 23.0 Å². The summed E-state index contributed by atoms with van der Waals surface area (Å²) in [5.74, 6) is -0.444. The van der Waals surface area contributed by atoms with Gasteiger partial charge in [0.15, 0.2) is 11.7 Å². The molecule has 166 valence electrons. The van der Waals surface area contributed by atoms with E-state index < -0.39 is 24.2 Å². The van der Waals surface area contributed by atoms with E-state index in [2.05, 4.69) is 10.4 Å². The molecule has 0 bridgehead atoms. The second kappa shape index (κ2) is 7.85. The number of nitrogens with one attached hydrogen (secondary N) is 1. The average Bonchev–Trinajstić information content (AvgIpc) is 3.14. The number of nitrogens with zero attached hydrogens (tertiary/aromatic N) is 3. The van der Waals surface area contributed by atoms with E-state index in [0.717, 1.165) is 15.8 Å². The number of carbonyl (C=O) groups excluding carboxylic acids is 1. The molecule has 3 aromatic rings. The Bertz CT molecular complexity index is 1160. The van der Waals surface area contributed by atoms with Gasteiger partial charge in [-0.1, -0.05) is 66.2 Å². The van der Waals surface area contributed by atoms with Gasteiger partial charge in [0.2, 0.25) is 0 Å². The van der Waals surface area contributed by atoms with Crippen molar-refractivity contribution in [1.29, 1.82) is 0 Å². The molecule has 0 saturated heterocycles. The lowest BCUT2D eigenvalue weighted by molar-refractivity contribution is -0.173. The van der Waals surface area contributed by atoms with Gasteiger partial charge in [0, 0.05) is 19.5 Å². The largest absolute Gasteiger partial charge is 0.410 e. The van der Waals surface area contributed by atoms with Crippen molar-refractivity contribution >= 4 is 23.3 Å². The predicted octanol–water partition coefficient (Wildman–Crippen LogP) is 5.40. The minimum atomic E-state index is -4.54. The number of hydrogen-bond acceptors (Lipinski definition) is 3. The van der Waals surface area contributed by atoms with Gasteiger partial charge < -0.3 is 10.2 Å². The van der Waals surface area contributed by atoms with E-state index in [1.54, 1.807) is 35.2 Å². The molecule has 1 N–H and O–H groups in total. The van der Waals surface area contributed by atoms with Gasteiger partial charge in [0.05, 0.1) is 6.04 Å². The van der Waals surface area contributed by atoms with Crippen molar-refractivity contribution in [3.8, 4) is 0 Å². The maximum absolute atomic E-state index is 13.9. The third-order valence-corrected chi connectivity index (χ3v) is 6.48. The van der Waals surface area contributed by atoms with Crippen molar-refractivity contribution in [2.45, 2.75) is 37.6 Å². The minimum absolute atomic E-state index is 0.0230. The Morgan fingerprint density at radius 3 is 2.47 bits per heavy atom. The van der Waals surface area contributed by atoms with Gasteiger partial charge in [0.1, 0.15) is 10.8 Å². The first-order chi connectivity index (χ1) is 15.3. The second-order valence-corrected chi connectivity index (χ2v) is 8.48. The van der Waals surface area contributed by atoms with Gasteiger partial charge in [0.25, 0.3) is 5.91 Å². The quantitative estimate of drug-likeness (QED) is 0.557. The molecule has 0 spiro atoms. The van der Waals surface area contributed by atoms with Gasteiger partial charge in [-0.2, -0.15) is 18.3 Å². The van der Waals surface area contributed by atoms with Crippen molar-refractivity contribution < 1.29 is 18.0 Å². The van der Waals surface area contributed by atoms with E-state index in [9.17, 15) is 18.0 Å². The van der Waals surface area contributed by atoms with Gasteiger partial charge >= 0.3 is 6.18 Å². The zero-order valence-electron chi connectivity index (χ0n) is 16.9. The highest BCUT2D eigenvalue weighted by atomic mass is 35.5. The number of benzene rings is 2. The number of rotatable bonds is 2. The first kappa shape index (κ1) is 20.9. The van der Waals surface area contributed by atoms with E-state index in [1.165, 1.54) is 0 Å². The number of hydrogen-bond donors (Lipinski definition) is 1. The van der Waals surface area contributed by atoms with E-state index in [1.807, 2.05) is 24.3 Å². The van der Waals surface area contributed by atoms with Crippen molar-refractivity contribution in [3.05, 3.63) is 82.0 Å². The molecule has 1 aromatic heterocycles. The summed E-state index contributed by atoms with van der Waals surface area (Å²) in [5, 5.41) is 7.06. The van der Waals surface area contributed by atoms with Crippen LogP contribution < -0.4 is 5.32 Å². The highest BCUT2D eigenvalue weighted by Gasteiger charge is 2.48. The normalized spacial score (nSPS) is 20.3. The summed E-state index contributed by atoms with van der Waals surface area (Å²) in [4.78, 5) is 14.8. The molecular formula is C23H20ClF3N4O. The van der Waals surface area contributed by atoms with Crippen LogP contribution in [0.2, 0.25) is 5.02 Å². The topological polar surface area (TPSA) is 50.2 Å². The van der Waals surface area contributed by atoms with Crippen molar-refractivity contribution in [2.75, 3.05) is 11.9 Å². The molecule has 2 aliphatic rings. The fourth-order valence-electron chi connectivity index (χ4n) is 4.45. The van der Waals surface area contributed by atoms with Crippen molar-refractivity contribution in [1.82, 2.24) is 14.7 Å². The van der Waals surface area contributed by atoms with Crippen LogP contribution >= 0.6 is 11.6 Å². The number of fused-ring (bicyclic) bond motifs is 2. The number of halogens is 4. The van der Waals surface area contributed by atoms with Crippen LogP contribution in [0.5, 0.6) is 0 Å². The Morgan fingerprint density at radius 1 is 1.06 bits per heavy atom. The highest BCUT2D eigenvalue weighted by Crippen LogP contribution is 2.46. The molecule has 2 aromatic carbocycles. The molecule has 0 radical (unpaired) electrons. The maximum Gasteiger partial charge on any atom is 0.410 e. The Labute approximate surface area is 187 Å². The lowest BCUT2D eigenvalue weighted by Gasteiger charge is -2.33. The minimum Gasteiger partial charge on any atom is -0.362 e. The van der Waals surface area contributed by atoms with Gasteiger partial charge in [-0.3, -0.25) is 4.79 Å². The fourth-order valence-corrected chi connectivity index (χ4v) is 4.71. The molecule has 9 heteroatoms. The molecule has 5 rings (SSSR count). The third-order valence-electron chi connectivity index (χ3n) is 6.12. The SMILES string of the molecule is O=C(c1nn2c(c1Cl)N[C@@H](c1ccccc1)C[C@@H]2C(F)(F)F)N1CCc2ccccc2C1. The Kier molecular flexibility index (Phi) is 5.12. The number of carbonyl (C=O) groups is 1. The van der Waals surface area contributed by atoms with Crippen LogP contribution in [0.4, 0.5) is 19.0 Å². The molecular weight excluding hydrogens is 441 g/mol. The van der Waals surface area contributed by atoms with E-state index >= 15 is 0 Å². The molecule has 0 aliphatic carbocycles. The molecule has 1 amide bonds. The maximum atomic E-state index is 13.9. The van der Waals surface area contributed by atoms with Crippen molar-refractivity contribution in [3.63, 3.8) is 0 Å². The second-order valence-electron chi connectivity index (χ2n) is 8.10. The van der Waals surface area contributed by atoms with Gasteiger partial charge in [-0.25, -0.2) is 4.68 Å². The van der Waals surface area contributed by atoms with Crippen LogP contribution in [-0.4, -0.2) is 33.3 Å². The Hall–Kier alpha value is -3.00. The van der Waals surface area contributed by atoms with Gasteiger partial charge in [-0.15, -0.1) is 0 Å². The fraction of sp³-hybridized carbons (Fsp3) is 0.304. The summed E-state index contributed by atoms with van der Waals surface area (Å²) in [6.45, 7) is 0.827. The number of aromatic nitrogens is 2. The van der Waals surface area contributed by atoms with Crippen LogP contribution in [0.25, 0.3) is 0 Å². The molecule has 2 atom stereocenters. The van der Waals surface area contributed by atoms with E-state index in [4.69, 9.17) is 11.6 Å². The van der Waals surface area contributed by atoms with E-state index in [0.29, 0.717) is 25.1 Å². The zero-order chi connectivity index (χ0) is 22.5. The monoisotopic (exact) mass is 460 g/mol. The van der Waals surface area contributed by atoms with Crippen LogP contribution in [0, 0.1) is 0 Å². The lowest BCUT2D eigenvalue weighted by Crippen LogP contribution is -2.37. The van der Waals surface area contributed by atoms with Crippen LogP contribution in [0.1, 0.15) is 45.7 Å². The Morgan fingerprint density at radius 2 is 1.75 bits per heavy atom. The smallest absolute Gasteiger partial charge is 0.362 e. The molecule has 32 heavy (non-hydrogen) atoms. The summed E-state index contributed by atoms with van der Waals surface area (Å²) in [6, 6.07) is 14.2. The molecule has 3 heterocycles. The molecule has 2 aliphatic heterocycles. The first-order valence-corrected chi connectivity index (χ1v) is 10.7. The average molecular weight is 461 g/mol. The van der Waals surface area contributed by atoms with Crippen molar-refractivity contribution in [2.24, 2.45) is 0 Å². The highest BCUT2D eigenvalue weighted by molar-refractivity contribution is 6.36. The first-order valence-electron chi connectivity index (χ1n) is 10.3. The summed E-state index contributed by atoms with van der Waals surface area (Å²) in [7, 11) is 0. The van der Waals surface area contributed by atoms with Crippen LogP contribution in [-0.2, 0) is 13.0 Å². The number of alkyl halides is 3. The van der Waals surface area contributed by atoms with Crippen LogP contribution in [0.15, 0.2) is 54.6 Å². The number of anilines is 1. The third kappa shape index (κ3) is 3.62. The molecule has 5 nitrogen and oxygen atoms in total. The molecule has 0 unspecified atom stereocenters. The standard InChI is InChI=1S/C23H20ClF3N4O/c24-19-20(22(32)30-11-10-14-6-4-5-9-16(14)13-30)29-31-18(23(25,26)27)12-17(28-21(19)31)15-7-2-1-3-8-15/h1-9,17-18,28H,10-13H2/t17-,18-/m1/s1. The summed E-state index contributed by atoms with van der Waals surface area (Å²) in [6.07, 6.45) is -4.11. The number of amides is 1. The molecule has 0 saturated carbocycles. The van der Waals surface area contributed by atoms with Gasteiger partial charge in [-0.05, 0) is 23.1 Å². The Balaban J connectivity index is 1.49.